The third-order valence-electron chi connectivity index (χ3n) is 7.00. The van der Waals surface area contributed by atoms with Crippen LogP contribution in [0.4, 0.5) is 5.69 Å². The van der Waals surface area contributed by atoms with Crippen molar-refractivity contribution in [3.63, 3.8) is 0 Å². The van der Waals surface area contributed by atoms with Gasteiger partial charge in [0.1, 0.15) is 0 Å². The minimum Gasteiger partial charge on any atom is -0.392 e. The van der Waals surface area contributed by atoms with Crippen LogP contribution in [0.15, 0.2) is 36.4 Å². The number of pyridine rings is 2. The molecule has 1 aliphatic heterocycles. The van der Waals surface area contributed by atoms with Crippen LogP contribution in [0, 0.1) is 27.7 Å². The zero-order chi connectivity index (χ0) is 25.8. The molecular weight excluding hydrogens is 470 g/mol. The number of anilines is 1. The van der Waals surface area contributed by atoms with Gasteiger partial charge < -0.3 is 15.1 Å². The van der Waals surface area contributed by atoms with Crippen LogP contribution in [0.2, 0.25) is 5.02 Å². The highest BCUT2D eigenvalue weighted by molar-refractivity contribution is 6.35. The van der Waals surface area contributed by atoms with Gasteiger partial charge in [-0.1, -0.05) is 24.4 Å². The molecule has 2 N–H and O–H groups in total. The molecule has 1 fully saturated rings. The van der Waals surface area contributed by atoms with Crippen LogP contribution < -0.4 is 4.90 Å². The lowest BCUT2D eigenvalue weighted by molar-refractivity contribution is 0.281. The average Bonchev–Trinajstić information content (AvgIpc) is 3.13. The Kier molecular flexibility index (Phi) is 8.45. The Hall–Kier alpha value is -2.73. The first-order valence-corrected chi connectivity index (χ1v) is 13.1. The summed E-state index contributed by atoms with van der Waals surface area (Å²) in [6.45, 7) is 10.4. The van der Waals surface area contributed by atoms with Gasteiger partial charge in [-0.25, -0.2) is 0 Å². The first kappa shape index (κ1) is 26.3. The zero-order valence-corrected chi connectivity index (χ0v) is 22.5. The van der Waals surface area contributed by atoms with E-state index in [1.807, 2.05) is 38.1 Å². The third-order valence-corrected chi connectivity index (χ3v) is 7.32. The number of rotatable bonds is 3. The third kappa shape index (κ3) is 5.80. The molecule has 0 amide bonds. The molecule has 2 aromatic carbocycles. The number of aryl methyl sites for hydroxylation is 4. The highest BCUT2D eigenvalue weighted by atomic mass is 35.5. The average molecular weight is 506 g/mol. The number of aliphatic hydroxyl groups is 2. The monoisotopic (exact) mass is 505 g/mol. The Morgan fingerprint density at radius 1 is 0.694 bits per heavy atom. The summed E-state index contributed by atoms with van der Waals surface area (Å²) >= 11 is 6.13. The summed E-state index contributed by atoms with van der Waals surface area (Å²) in [5.41, 5.74) is 9.16. The van der Waals surface area contributed by atoms with E-state index < -0.39 is 0 Å². The molecule has 0 radical (unpaired) electrons. The largest absolute Gasteiger partial charge is 0.392 e. The summed E-state index contributed by atoms with van der Waals surface area (Å²) in [7, 11) is 0. The lowest BCUT2D eigenvalue weighted by Crippen LogP contribution is -2.24. The lowest BCUT2D eigenvalue weighted by Gasteiger charge is -2.25. The smallest absolute Gasteiger partial charge is 0.0729 e. The predicted molar refractivity (Wildman–Crippen MR) is 150 cm³/mol. The second-order valence-electron chi connectivity index (χ2n) is 9.84. The van der Waals surface area contributed by atoms with Crippen LogP contribution in [-0.2, 0) is 13.2 Å². The summed E-state index contributed by atoms with van der Waals surface area (Å²) in [6, 6.07) is 12.2. The van der Waals surface area contributed by atoms with Gasteiger partial charge >= 0.3 is 0 Å². The Labute approximate surface area is 218 Å². The Balaban J connectivity index is 0.000000179. The van der Waals surface area contributed by atoms with Gasteiger partial charge in [-0.2, -0.15) is 0 Å². The Morgan fingerprint density at radius 2 is 1.19 bits per heavy atom. The molecule has 0 unspecified atom stereocenters. The first-order chi connectivity index (χ1) is 17.3. The molecule has 5 nitrogen and oxygen atoms in total. The van der Waals surface area contributed by atoms with Crippen molar-refractivity contribution in [2.45, 2.75) is 66.6 Å². The fourth-order valence-electron chi connectivity index (χ4n) is 4.96. The van der Waals surface area contributed by atoms with Crippen molar-refractivity contribution in [1.82, 2.24) is 9.97 Å². The number of nitrogens with zero attached hydrogens (tertiary/aromatic N) is 3. The minimum atomic E-state index is 0.0367. The molecule has 1 saturated heterocycles. The second-order valence-corrected chi connectivity index (χ2v) is 10.2. The van der Waals surface area contributed by atoms with E-state index >= 15 is 0 Å². The van der Waals surface area contributed by atoms with Crippen LogP contribution in [0.1, 0.15) is 59.3 Å². The van der Waals surface area contributed by atoms with E-state index in [1.165, 1.54) is 36.8 Å². The number of aliphatic hydroxyl groups excluding tert-OH is 2. The van der Waals surface area contributed by atoms with Crippen molar-refractivity contribution < 1.29 is 10.2 Å². The number of hydrogen-bond donors (Lipinski definition) is 2. The number of halogens is 1. The number of fused-ring (bicyclic) bond motifs is 2. The fraction of sp³-hybridized carbons (Fsp3) is 0.400. The number of benzene rings is 2. The second kappa shape index (κ2) is 11.5. The molecule has 4 aromatic rings. The van der Waals surface area contributed by atoms with E-state index in [-0.39, 0.29) is 13.2 Å². The van der Waals surface area contributed by atoms with Gasteiger partial charge in [0.2, 0.25) is 0 Å². The zero-order valence-electron chi connectivity index (χ0n) is 21.7. The predicted octanol–water partition coefficient (Wildman–Crippen LogP) is 6.72. The van der Waals surface area contributed by atoms with Crippen LogP contribution in [0.5, 0.6) is 0 Å². The molecule has 2 aromatic heterocycles. The van der Waals surface area contributed by atoms with Gasteiger partial charge in [0.25, 0.3) is 0 Å². The summed E-state index contributed by atoms with van der Waals surface area (Å²) < 4.78 is 0. The summed E-state index contributed by atoms with van der Waals surface area (Å²) in [6.07, 6.45) is 5.23. The van der Waals surface area contributed by atoms with Crippen molar-refractivity contribution in [2.75, 3.05) is 18.0 Å². The van der Waals surface area contributed by atoms with Crippen molar-refractivity contribution in [3.8, 4) is 0 Å². The minimum absolute atomic E-state index is 0.0367. The van der Waals surface area contributed by atoms with E-state index in [0.717, 1.165) is 63.2 Å². The van der Waals surface area contributed by atoms with Gasteiger partial charge in [0, 0.05) is 40.9 Å². The molecule has 3 heterocycles. The van der Waals surface area contributed by atoms with E-state index in [0.29, 0.717) is 5.02 Å². The fourth-order valence-corrected chi connectivity index (χ4v) is 5.27. The summed E-state index contributed by atoms with van der Waals surface area (Å²) in [5, 5.41) is 21.5. The molecule has 0 bridgehead atoms. The maximum absolute atomic E-state index is 9.46. The summed E-state index contributed by atoms with van der Waals surface area (Å²) in [4.78, 5) is 11.6. The maximum Gasteiger partial charge on any atom is 0.0729 e. The topological polar surface area (TPSA) is 69.5 Å². The van der Waals surface area contributed by atoms with E-state index in [1.54, 1.807) is 0 Å². The molecular formula is C30H36ClN3O2. The molecule has 190 valence electrons. The van der Waals surface area contributed by atoms with Gasteiger partial charge in [-0.3, -0.25) is 9.97 Å². The van der Waals surface area contributed by atoms with Crippen LogP contribution in [0.3, 0.4) is 0 Å². The lowest BCUT2D eigenvalue weighted by atomic mass is 10.0. The van der Waals surface area contributed by atoms with Crippen LogP contribution in [0.25, 0.3) is 21.8 Å². The number of aromatic nitrogens is 2. The molecule has 36 heavy (non-hydrogen) atoms. The molecule has 0 atom stereocenters. The van der Waals surface area contributed by atoms with Gasteiger partial charge in [-0.05, 0) is 99.2 Å². The van der Waals surface area contributed by atoms with E-state index in [4.69, 9.17) is 16.7 Å². The normalized spacial score (nSPS) is 14.0. The Bertz CT molecular complexity index is 1380. The molecule has 6 heteroatoms. The summed E-state index contributed by atoms with van der Waals surface area (Å²) in [5.74, 6) is 0. The number of hydrogen-bond acceptors (Lipinski definition) is 5. The highest BCUT2D eigenvalue weighted by Crippen LogP contribution is 2.31. The first-order valence-electron chi connectivity index (χ1n) is 12.7. The van der Waals surface area contributed by atoms with Crippen molar-refractivity contribution in [3.05, 3.63) is 75.1 Å². The van der Waals surface area contributed by atoms with E-state index in [2.05, 4.69) is 40.8 Å². The van der Waals surface area contributed by atoms with Crippen LogP contribution in [-0.4, -0.2) is 33.3 Å². The van der Waals surface area contributed by atoms with Crippen molar-refractivity contribution >= 4 is 39.1 Å². The standard InChI is InChI=1S/C18H24N2O.C12H12ClNO/c1-13-9-16-17(11-15(13)12-21)19-14(2)10-18(16)20-7-5-3-4-6-8-20;1-7-3-10-11(13)4-8(2)14-12(10)5-9(7)6-15/h9-11,21H,3-8,12H2,1-2H3;3-5,15H,6H2,1-2H3. The molecule has 1 aliphatic rings. The van der Waals surface area contributed by atoms with Gasteiger partial charge in [-0.15, -0.1) is 0 Å². The van der Waals surface area contributed by atoms with Gasteiger partial charge in [0.05, 0.1) is 29.3 Å². The molecule has 0 saturated carbocycles. The highest BCUT2D eigenvalue weighted by Gasteiger charge is 2.15. The quantitative estimate of drug-likeness (QED) is 0.323. The maximum atomic E-state index is 9.46. The van der Waals surface area contributed by atoms with Crippen molar-refractivity contribution in [1.29, 1.82) is 0 Å². The van der Waals surface area contributed by atoms with Crippen LogP contribution >= 0.6 is 11.6 Å². The Morgan fingerprint density at radius 3 is 1.75 bits per heavy atom. The van der Waals surface area contributed by atoms with Crippen molar-refractivity contribution in [2.24, 2.45) is 0 Å². The molecule has 0 spiro atoms. The van der Waals surface area contributed by atoms with E-state index in [9.17, 15) is 5.11 Å². The SMILES string of the molecule is Cc1cc(Cl)c2cc(C)c(CO)cc2n1.Cc1cc(N2CCCCCC2)c2cc(C)c(CO)cc2n1. The molecule has 0 aliphatic carbocycles. The molecule has 5 rings (SSSR count). The van der Waals surface area contributed by atoms with Gasteiger partial charge in [0.15, 0.2) is 0 Å².